The Morgan fingerprint density at radius 1 is 1.56 bits per heavy atom. The fraction of sp³-hybridized carbons (Fsp3) is 0.455. The number of nitrogens with zero attached hydrogens (tertiary/aromatic N) is 3. The van der Waals surface area contributed by atoms with Gasteiger partial charge in [-0.15, -0.1) is 10.2 Å². The summed E-state index contributed by atoms with van der Waals surface area (Å²) in [5.74, 6) is 1.42. The minimum atomic E-state index is -0.226. The van der Waals surface area contributed by atoms with Crippen LogP contribution in [0.2, 0.25) is 0 Å². The fourth-order valence-electron chi connectivity index (χ4n) is 1.66. The Hall–Kier alpha value is -2.18. The van der Waals surface area contributed by atoms with Gasteiger partial charge in [-0.1, -0.05) is 12.1 Å². The molecule has 1 amide bonds. The number of aryl methyl sites for hydroxylation is 2. The first-order valence-electron chi connectivity index (χ1n) is 5.66. The van der Waals surface area contributed by atoms with Gasteiger partial charge >= 0.3 is 0 Å². The van der Waals surface area contributed by atoms with Crippen molar-refractivity contribution in [3.8, 4) is 0 Å². The minimum absolute atomic E-state index is 0.0101. The van der Waals surface area contributed by atoms with Crippen molar-refractivity contribution in [3.63, 3.8) is 0 Å². The molecule has 2 rings (SSSR count). The molecule has 96 valence electrons. The molecule has 0 bridgehead atoms. The van der Waals surface area contributed by atoms with Crippen molar-refractivity contribution < 1.29 is 9.21 Å². The van der Waals surface area contributed by atoms with Crippen molar-refractivity contribution in [1.29, 1.82) is 0 Å². The van der Waals surface area contributed by atoms with Crippen LogP contribution in [-0.2, 0) is 0 Å². The van der Waals surface area contributed by atoms with Crippen molar-refractivity contribution in [1.82, 2.24) is 25.9 Å². The number of hydrogen-bond acceptors (Lipinski definition) is 5. The van der Waals surface area contributed by atoms with Gasteiger partial charge in [0.15, 0.2) is 11.6 Å². The molecule has 0 saturated carbocycles. The van der Waals surface area contributed by atoms with E-state index in [1.165, 1.54) is 0 Å². The first-order valence-corrected chi connectivity index (χ1v) is 5.66. The number of rotatable bonds is 4. The highest BCUT2D eigenvalue weighted by molar-refractivity contribution is 5.92. The van der Waals surface area contributed by atoms with Crippen LogP contribution in [0, 0.1) is 13.8 Å². The molecule has 0 spiro atoms. The normalized spacial score (nSPS) is 12.4. The fourth-order valence-corrected chi connectivity index (χ4v) is 1.66. The molecular weight excluding hydrogens is 234 g/mol. The molecule has 7 nitrogen and oxygen atoms in total. The smallest absolute Gasteiger partial charge is 0.287 e. The first-order chi connectivity index (χ1) is 8.58. The van der Waals surface area contributed by atoms with Gasteiger partial charge < -0.3 is 9.73 Å². The zero-order valence-electron chi connectivity index (χ0n) is 10.5. The van der Waals surface area contributed by atoms with E-state index in [2.05, 4.69) is 25.9 Å². The second kappa shape index (κ2) is 4.99. The number of aromatic nitrogens is 4. The third-order valence-electron chi connectivity index (χ3n) is 2.62. The van der Waals surface area contributed by atoms with Gasteiger partial charge in [-0.25, -0.2) is 0 Å². The Morgan fingerprint density at radius 2 is 2.33 bits per heavy atom. The van der Waals surface area contributed by atoms with Gasteiger partial charge in [-0.2, -0.15) is 5.21 Å². The van der Waals surface area contributed by atoms with Crippen LogP contribution >= 0.6 is 0 Å². The van der Waals surface area contributed by atoms with Crippen LogP contribution in [0.25, 0.3) is 0 Å². The summed E-state index contributed by atoms with van der Waals surface area (Å²) in [5.41, 5.74) is 0.831. The summed E-state index contributed by atoms with van der Waals surface area (Å²) in [4.78, 5) is 11.9. The number of nitrogens with one attached hydrogen (secondary N) is 2. The lowest BCUT2D eigenvalue weighted by atomic mass is 10.1. The highest BCUT2D eigenvalue weighted by atomic mass is 16.3. The molecule has 0 saturated heterocycles. The predicted octanol–water partition coefficient (Wildman–Crippen LogP) is 0.943. The van der Waals surface area contributed by atoms with E-state index < -0.39 is 0 Å². The second-order valence-electron chi connectivity index (χ2n) is 4.25. The number of aromatic amines is 1. The van der Waals surface area contributed by atoms with Gasteiger partial charge in [-0.3, -0.25) is 4.79 Å². The van der Waals surface area contributed by atoms with Gasteiger partial charge in [0.05, 0.1) is 0 Å². The molecule has 2 heterocycles. The van der Waals surface area contributed by atoms with Gasteiger partial charge in [0.2, 0.25) is 0 Å². The quantitative estimate of drug-likeness (QED) is 0.840. The molecule has 0 aliphatic carbocycles. The Bertz CT molecular complexity index is 532. The molecule has 0 unspecified atom stereocenters. The van der Waals surface area contributed by atoms with Crippen LogP contribution in [0.15, 0.2) is 10.5 Å². The van der Waals surface area contributed by atoms with Crippen LogP contribution in [0.5, 0.6) is 0 Å². The van der Waals surface area contributed by atoms with E-state index in [1.807, 2.05) is 26.8 Å². The molecule has 0 aliphatic heterocycles. The molecule has 7 heteroatoms. The minimum Gasteiger partial charge on any atom is -0.456 e. The molecule has 2 aromatic rings. The van der Waals surface area contributed by atoms with Crippen molar-refractivity contribution in [2.45, 2.75) is 26.7 Å². The topological polar surface area (TPSA) is 96.7 Å². The Balaban J connectivity index is 1.94. The number of carbonyl (C=O) groups is 1. The standard InChI is InChI=1S/C11H15N5O2/c1-6-4-8(3)18-9(6)11(17)12-5-7(2)10-13-15-16-14-10/h4,7H,5H2,1-3H3,(H,12,17)(H,13,14,15,16)/t7-/m1/s1. The van der Waals surface area contributed by atoms with Crippen LogP contribution in [0.1, 0.15) is 40.5 Å². The van der Waals surface area contributed by atoms with E-state index in [-0.39, 0.29) is 11.8 Å². The highest BCUT2D eigenvalue weighted by Crippen LogP contribution is 2.14. The summed E-state index contributed by atoms with van der Waals surface area (Å²) < 4.78 is 5.34. The van der Waals surface area contributed by atoms with E-state index >= 15 is 0 Å². The highest BCUT2D eigenvalue weighted by Gasteiger charge is 2.16. The summed E-state index contributed by atoms with van der Waals surface area (Å²) >= 11 is 0. The maximum Gasteiger partial charge on any atom is 0.287 e. The first kappa shape index (κ1) is 12.3. The summed E-state index contributed by atoms with van der Waals surface area (Å²) in [6.07, 6.45) is 0. The van der Waals surface area contributed by atoms with Gasteiger partial charge in [0.25, 0.3) is 5.91 Å². The lowest BCUT2D eigenvalue weighted by Gasteiger charge is -2.07. The Morgan fingerprint density at radius 3 is 2.89 bits per heavy atom. The van der Waals surface area contributed by atoms with Crippen LogP contribution in [-0.4, -0.2) is 33.1 Å². The number of tetrazole rings is 1. The number of furan rings is 1. The van der Waals surface area contributed by atoms with E-state index in [0.717, 1.165) is 11.3 Å². The predicted molar refractivity (Wildman–Crippen MR) is 63.1 cm³/mol. The van der Waals surface area contributed by atoms with E-state index in [4.69, 9.17) is 4.42 Å². The number of hydrogen-bond donors (Lipinski definition) is 2. The molecule has 18 heavy (non-hydrogen) atoms. The summed E-state index contributed by atoms with van der Waals surface area (Å²) in [7, 11) is 0. The van der Waals surface area contributed by atoms with Gasteiger partial charge in [-0.05, 0) is 19.9 Å². The maximum atomic E-state index is 11.9. The second-order valence-corrected chi connectivity index (χ2v) is 4.25. The largest absolute Gasteiger partial charge is 0.456 e. The average molecular weight is 249 g/mol. The van der Waals surface area contributed by atoms with Crippen LogP contribution in [0.3, 0.4) is 0 Å². The lowest BCUT2D eigenvalue weighted by molar-refractivity contribution is 0.0921. The van der Waals surface area contributed by atoms with Crippen molar-refractivity contribution >= 4 is 5.91 Å². The Labute approximate surface area is 104 Å². The van der Waals surface area contributed by atoms with E-state index in [1.54, 1.807) is 0 Å². The van der Waals surface area contributed by atoms with Crippen molar-refractivity contribution in [2.75, 3.05) is 6.54 Å². The number of carbonyl (C=O) groups excluding carboxylic acids is 1. The average Bonchev–Trinajstić information content (AvgIpc) is 2.95. The third kappa shape index (κ3) is 2.55. The number of amides is 1. The molecule has 0 radical (unpaired) electrons. The van der Waals surface area contributed by atoms with E-state index in [0.29, 0.717) is 18.1 Å². The zero-order chi connectivity index (χ0) is 13.1. The molecule has 2 N–H and O–H groups in total. The third-order valence-corrected chi connectivity index (χ3v) is 2.62. The number of H-pyrrole nitrogens is 1. The van der Waals surface area contributed by atoms with Gasteiger partial charge in [0.1, 0.15) is 5.76 Å². The van der Waals surface area contributed by atoms with Crippen molar-refractivity contribution in [2.24, 2.45) is 0 Å². The van der Waals surface area contributed by atoms with Crippen molar-refractivity contribution in [3.05, 3.63) is 29.0 Å². The molecular formula is C11H15N5O2. The molecule has 2 aromatic heterocycles. The SMILES string of the molecule is Cc1cc(C)c(C(=O)NC[C@@H](C)c2nn[nH]n2)o1. The molecule has 0 aromatic carbocycles. The van der Waals surface area contributed by atoms with Crippen LogP contribution in [0.4, 0.5) is 0 Å². The summed E-state index contributed by atoms with van der Waals surface area (Å²) in [6, 6.07) is 1.83. The van der Waals surface area contributed by atoms with Gasteiger partial charge in [0, 0.05) is 18.0 Å². The van der Waals surface area contributed by atoms with Crippen LogP contribution < -0.4 is 5.32 Å². The summed E-state index contributed by atoms with van der Waals surface area (Å²) in [5, 5.41) is 16.4. The maximum absolute atomic E-state index is 11.9. The zero-order valence-corrected chi connectivity index (χ0v) is 10.5. The molecule has 0 fully saturated rings. The molecule has 1 atom stereocenters. The molecule has 0 aliphatic rings. The monoisotopic (exact) mass is 249 g/mol. The lowest BCUT2D eigenvalue weighted by Crippen LogP contribution is -2.28. The van der Waals surface area contributed by atoms with E-state index in [9.17, 15) is 4.79 Å². The Kier molecular flexibility index (Phi) is 3.40. The summed E-state index contributed by atoms with van der Waals surface area (Å²) in [6.45, 7) is 5.99.